The third-order valence-corrected chi connectivity index (χ3v) is 9.77. The highest BCUT2D eigenvalue weighted by Crippen LogP contribution is 2.39. The molecule has 0 spiro atoms. The summed E-state index contributed by atoms with van der Waals surface area (Å²) in [5, 5.41) is 0. The van der Waals surface area contributed by atoms with E-state index < -0.39 is 0 Å². The van der Waals surface area contributed by atoms with E-state index in [9.17, 15) is 0 Å². The van der Waals surface area contributed by atoms with E-state index in [4.69, 9.17) is 58.8 Å². The summed E-state index contributed by atoms with van der Waals surface area (Å²) in [6, 6.07) is 25.5. The normalized spacial score (nSPS) is 15.8. The van der Waals surface area contributed by atoms with Gasteiger partial charge in [-0.25, -0.2) is 0 Å². The second kappa shape index (κ2) is 24.6. The van der Waals surface area contributed by atoms with E-state index in [0.29, 0.717) is 144 Å². The minimum absolute atomic E-state index is 0.369. The molecular formula is C46H60N2O10. The molecule has 0 unspecified atom stereocenters. The Hall–Kier alpha value is -4.24. The predicted molar refractivity (Wildman–Crippen MR) is 222 cm³/mol. The van der Waals surface area contributed by atoms with Crippen LogP contribution < -0.4 is 30.4 Å². The Kier molecular flexibility index (Phi) is 18.4. The van der Waals surface area contributed by atoms with Gasteiger partial charge in [0.1, 0.15) is 49.4 Å². The van der Waals surface area contributed by atoms with Gasteiger partial charge in [-0.2, -0.15) is 0 Å². The van der Waals surface area contributed by atoms with Gasteiger partial charge in [0, 0.05) is 38.8 Å². The highest BCUT2D eigenvalue weighted by Gasteiger charge is 2.22. The zero-order valence-corrected chi connectivity index (χ0v) is 33.7. The number of nitrogens with two attached hydrogens (primary N) is 2. The summed E-state index contributed by atoms with van der Waals surface area (Å²) in [6.45, 7) is 7.85. The lowest BCUT2D eigenvalue weighted by atomic mass is 9.91. The zero-order chi connectivity index (χ0) is 40.0. The fraction of sp³-hybridized carbons (Fsp3) is 0.478. The van der Waals surface area contributed by atoms with Gasteiger partial charge in [0.25, 0.3) is 0 Å². The van der Waals surface area contributed by atoms with Crippen LogP contribution in [0.5, 0.6) is 23.0 Å². The van der Waals surface area contributed by atoms with Crippen LogP contribution in [0.15, 0.2) is 72.8 Å². The van der Waals surface area contributed by atoms with Crippen molar-refractivity contribution in [1.29, 1.82) is 0 Å². The highest BCUT2D eigenvalue weighted by molar-refractivity contribution is 5.56. The van der Waals surface area contributed by atoms with E-state index in [1.54, 1.807) is 0 Å². The van der Waals surface area contributed by atoms with Crippen LogP contribution in [0.2, 0.25) is 0 Å². The van der Waals surface area contributed by atoms with E-state index in [1.807, 2.05) is 0 Å². The maximum Gasteiger partial charge on any atom is 0.126 e. The number of ether oxygens (including phenoxy) is 10. The Morgan fingerprint density at radius 2 is 0.655 bits per heavy atom. The molecule has 4 N–H and O–H groups in total. The molecule has 0 radical (unpaired) electrons. The van der Waals surface area contributed by atoms with Crippen LogP contribution in [-0.4, -0.2) is 119 Å². The first-order valence-corrected chi connectivity index (χ1v) is 20.6. The van der Waals surface area contributed by atoms with Crippen LogP contribution in [0.1, 0.15) is 44.5 Å². The molecule has 10 bridgehead atoms. The summed E-state index contributed by atoms with van der Waals surface area (Å²) in [7, 11) is 0. The summed E-state index contributed by atoms with van der Waals surface area (Å²) >= 11 is 0. The minimum Gasteiger partial charge on any atom is -0.491 e. The lowest BCUT2D eigenvalue weighted by Crippen LogP contribution is -2.15. The Labute approximate surface area is 342 Å². The largest absolute Gasteiger partial charge is 0.491 e. The molecule has 12 nitrogen and oxygen atoms in total. The van der Waals surface area contributed by atoms with Gasteiger partial charge in [-0.05, 0) is 44.5 Å². The van der Waals surface area contributed by atoms with Gasteiger partial charge in [0.05, 0.1) is 79.3 Å². The molecule has 1 aliphatic heterocycles. The Morgan fingerprint density at radius 1 is 0.362 bits per heavy atom. The maximum absolute atomic E-state index is 6.68. The average molecular weight is 801 g/mol. The van der Waals surface area contributed by atoms with Crippen molar-refractivity contribution in [3.8, 4) is 23.0 Å². The predicted octanol–water partition coefficient (Wildman–Crippen LogP) is 4.91. The third kappa shape index (κ3) is 13.1. The Bertz CT molecular complexity index is 1610. The molecule has 4 aromatic carbocycles. The summed E-state index contributed by atoms with van der Waals surface area (Å²) in [4.78, 5) is 0. The molecule has 0 saturated heterocycles. The van der Waals surface area contributed by atoms with Crippen molar-refractivity contribution in [3.05, 3.63) is 117 Å². The van der Waals surface area contributed by atoms with Gasteiger partial charge < -0.3 is 58.8 Å². The van der Waals surface area contributed by atoms with Gasteiger partial charge in [0.15, 0.2) is 0 Å². The Balaban J connectivity index is 1.46. The molecule has 0 amide bonds. The number of hydrogen-bond acceptors (Lipinski definition) is 12. The van der Waals surface area contributed by atoms with Crippen LogP contribution in [0.4, 0.5) is 0 Å². The smallest absolute Gasteiger partial charge is 0.126 e. The number of benzene rings is 4. The summed E-state index contributed by atoms with van der Waals surface area (Å²) < 4.78 is 61.3. The molecule has 0 fully saturated rings. The van der Waals surface area contributed by atoms with E-state index in [-0.39, 0.29) is 0 Å². The first-order chi connectivity index (χ1) is 28.7. The summed E-state index contributed by atoms with van der Waals surface area (Å²) in [5.41, 5.74) is 19.7. The van der Waals surface area contributed by atoms with Crippen molar-refractivity contribution in [2.75, 3.05) is 119 Å². The topological polar surface area (TPSA) is 144 Å². The van der Waals surface area contributed by atoms with Gasteiger partial charge >= 0.3 is 0 Å². The number of para-hydroxylation sites is 4. The fourth-order valence-electron chi connectivity index (χ4n) is 7.17. The molecule has 12 heteroatoms. The van der Waals surface area contributed by atoms with E-state index in [0.717, 1.165) is 67.5 Å². The summed E-state index contributed by atoms with van der Waals surface area (Å²) in [5.74, 6) is 3.30. The SMILES string of the molecule is NCCOCCOc1c2cccc1Cc1cccc3c1OCCOCCOCCOCCOCCOc1c(cccc1Cc1cccc(c1OCCOCCN)C3)C2. The highest BCUT2D eigenvalue weighted by atomic mass is 16.6. The van der Waals surface area contributed by atoms with Crippen LogP contribution in [0.3, 0.4) is 0 Å². The number of hydrogen-bond donors (Lipinski definition) is 2. The van der Waals surface area contributed by atoms with Crippen molar-refractivity contribution in [3.63, 3.8) is 0 Å². The zero-order valence-electron chi connectivity index (χ0n) is 33.7. The monoisotopic (exact) mass is 800 g/mol. The first kappa shape index (κ1) is 43.3. The molecule has 1 heterocycles. The lowest BCUT2D eigenvalue weighted by Gasteiger charge is -2.23. The van der Waals surface area contributed by atoms with Crippen molar-refractivity contribution >= 4 is 0 Å². The van der Waals surface area contributed by atoms with Crippen molar-refractivity contribution in [2.24, 2.45) is 11.5 Å². The second-order valence-electron chi connectivity index (χ2n) is 14.0. The molecule has 4 aromatic rings. The molecule has 1 aliphatic carbocycles. The molecule has 0 atom stereocenters. The number of rotatable bonds is 12. The molecule has 0 saturated carbocycles. The number of fused-ring (bicyclic) bond motifs is 2. The van der Waals surface area contributed by atoms with Crippen LogP contribution >= 0.6 is 0 Å². The van der Waals surface area contributed by atoms with Gasteiger partial charge in [-0.1, -0.05) is 72.8 Å². The standard InChI is InChI=1S/C46H60N2O10/c47-13-15-49-23-27-55-43-35-5-1-6-36(43)32-40-10-4-12-42-34-38-8-2-7-37(44(38)56-28-24-50-16-14-48)33-41-11-3-9-39(31-35)45(41)57-29-25-53-21-19-51-17-18-52-20-22-54-26-30-58-46(40)42/h1-12H,13-34,47-48H2. The van der Waals surface area contributed by atoms with Crippen LogP contribution in [0.25, 0.3) is 0 Å². The molecule has 0 aromatic heterocycles. The van der Waals surface area contributed by atoms with Gasteiger partial charge in [-0.15, -0.1) is 0 Å². The van der Waals surface area contributed by atoms with E-state index >= 15 is 0 Å². The molecule has 58 heavy (non-hydrogen) atoms. The fourth-order valence-corrected chi connectivity index (χ4v) is 7.17. The third-order valence-electron chi connectivity index (χ3n) is 9.77. The van der Waals surface area contributed by atoms with Crippen molar-refractivity contribution in [2.45, 2.75) is 25.7 Å². The Morgan fingerprint density at radius 3 is 0.966 bits per heavy atom. The molecular weight excluding hydrogens is 741 g/mol. The minimum atomic E-state index is 0.369. The van der Waals surface area contributed by atoms with Crippen LogP contribution in [0, 0.1) is 0 Å². The van der Waals surface area contributed by atoms with E-state index in [1.165, 1.54) is 0 Å². The average Bonchev–Trinajstić information content (AvgIpc) is 3.23. The molecule has 6 rings (SSSR count). The van der Waals surface area contributed by atoms with Crippen LogP contribution in [-0.2, 0) is 54.1 Å². The second-order valence-corrected chi connectivity index (χ2v) is 14.0. The van der Waals surface area contributed by atoms with Gasteiger partial charge in [-0.3, -0.25) is 0 Å². The molecule has 2 aliphatic rings. The quantitative estimate of drug-likeness (QED) is 0.166. The van der Waals surface area contributed by atoms with Crippen molar-refractivity contribution in [1.82, 2.24) is 0 Å². The van der Waals surface area contributed by atoms with E-state index in [2.05, 4.69) is 72.8 Å². The lowest BCUT2D eigenvalue weighted by molar-refractivity contribution is -0.00706. The maximum atomic E-state index is 6.68. The summed E-state index contributed by atoms with van der Waals surface area (Å²) in [6.07, 6.45) is 2.32. The first-order valence-electron chi connectivity index (χ1n) is 20.6. The van der Waals surface area contributed by atoms with Crippen molar-refractivity contribution < 1.29 is 47.4 Å². The van der Waals surface area contributed by atoms with Gasteiger partial charge in [0.2, 0.25) is 0 Å². The molecule has 314 valence electrons.